The van der Waals surface area contributed by atoms with Gasteiger partial charge in [0, 0.05) is 6.92 Å². The summed E-state index contributed by atoms with van der Waals surface area (Å²) in [6.45, 7) is 0.325. The van der Waals surface area contributed by atoms with Gasteiger partial charge in [-0.1, -0.05) is 0 Å². The molecule has 0 aromatic rings. The molecule has 13 heteroatoms. The van der Waals surface area contributed by atoms with Crippen LogP contribution in [0.25, 0.3) is 0 Å². The van der Waals surface area contributed by atoms with Crippen LogP contribution in [0.1, 0.15) is 13.8 Å². The molecule has 13 nitrogen and oxygen atoms in total. The van der Waals surface area contributed by atoms with Gasteiger partial charge < -0.3 is 54.7 Å². The summed E-state index contributed by atoms with van der Waals surface area (Å²) in [7, 11) is 0. The summed E-state index contributed by atoms with van der Waals surface area (Å²) in [6, 6.07) is 0. The molecule has 0 bridgehead atoms. The average molecular weight is 426 g/mol. The standard InChI is InChI=1S/C16H26O13/c1-5(19)14(26-6(2)20)16(13(25)10(22)8(4-18)28-16)29-15-12(24)11(23)9(21)7(3-17)27-15/h7-15,17-18,21-25H,3-4H2,1-2H3/t7-,8-,9-,10-,11+,12-,13+,14?,15-,16-/m1/s1. The minimum Gasteiger partial charge on any atom is -0.449 e. The molecule has 0 amide bonds. The van der Waals surface area contributed by atoms with E-state index in [4.69, 9.17) is 18.9 Å². The molecule has 2 saturated heterocycles. The molecule has 0 aromatic carbocycles. The van der Waals surface area contributed by atoms with Crippen LogP contribution in [-0.2, 0) is 28.5 Å². The molecule has 10 atom stereocenters. The third-order valence-electron chi connectivity index (χ3n) is 4.80. The van der Waals surface area contributed by atoms with E-state index in [1.54, 1.807) is 0 Å². The Labute approximate surface area is 165 Å². The molecule has 7 N–H and O–H groups in total. The normalized spacial score (nSPS) is 43.8. The largest absolute Gasteiger partial charge is 0.449 e. The van der Waals surface area contributed by atoms with E-state index in [0.29, 0.717) is 0 Å². The van der Waals surface area contributed by atoms with Gasteiger partial charge in [-0.3, -0.25) is 9.59 Å². The minimum absolute atomic E-state index is 0.789. The van der Waals surface area contributed by atoms with Crippen molar-refractivity contribution >= 4 is 11.8 Å². The summed E-state index contributed by atoms with van der Waals surface area (Å²) in [5, 5.41) is 69.3. The second-order valence-corrected chi connectivity index (χ2v) is 6.91. The van der Waals surface area contributed by atoms with Crippen molar-refractivity contribution in [2.24, 2.45) is 0 Å². The van der Waals surface area contributed by atoms with Gasteiger partial charge in [-0.05, 0) is 6.92 Å². The van der Waals surface area contributed by atoms with Crippen LogP contribution in [0.5, 0.6) is 0 Å². The van der Waals surface area contributed by atoms with E-state index in [-0.39, 0.29) is 0 Å². The predicted molar refractivity (Wildman–Crippen MR) is 87.8 cm³/mol. The van der Waals surface area contributed by atoms with E-state index >= 15 is 0 Å². The lowest BCUT2D eigenvalue weighted by Crippen LogP contribution is -2.65. The maximum Gasteiger partial charge on any atom is 0.303 e. The van der Waals surface area contributed by atoms with E-state index in [1.165, 1.54) is 0 Å². The van der Waals surface area contributed by atoms with Crippen molar-refractivity contribution in [3.63, 3.8) is 0 Å². The highest BCUT2D eigenvalue weighted by Gasteiger charge is 2.64. The first-order valence-electron chi connectivity index (χ1n) is 8.81. The van der Waals surface area contributed by atoms with Crippen LogP contribution in [0.3, 0.4) is 0 Å². The van der Waals surface area contributed by atoms with Crippen LogP contribution in [0.2, 0.25) is 0 Å². The van der Waals surface area contributed by atoms with Crippen molar-refractivity contribution in [1.82, 2.24) is 0 Å². The predicted octanol–water partition coefficient (Wildman–Crippen LogP) is -4.87. The molecule has 0 saturated carbocycles. The van der Waals surface area contributed by atoms with E-state index in [0.717, 1.165) is 13.8 Å². The summed E-state index contributed by atoms with van der Waals surface area (Å²) < 4.78 is 20.9. The molecule has 2 aliphatic heterocycles. The molecular formula is C16H26O13. The smallest absolute Gasteiger partial charge is 0.303 e. The van der Waals surface area contributed by atoms with Crippen LogP contribution >= 0.6 is 0 Å². The van der Waals surface area contributed by atoms with Crippen LogP contribution < -0.4 is 0 Å². The van der Waals surface area contributed by atoms with E-state index in [9.17, 15) is 45.3 Å². The van der Waals surface area contributed by atoms with Crippen LogP contribution in [0, 0.1) is 0 Å². The maximum absolute atomic E-state index is 12.2. The topological polar surface area (TPSA) is 213 Å². The second-order valence-electron chi connectivity index (χ2n) is 6.91. The van der Waals surface area contributed by atoms with E-state index in [2.05, 4.69) is 0 Å². The van der Waals surface area contributed by atoms with Gasteiger partial charge in [0.25, 0.3) is 0 Å². The van der Waals surface area contributed by atoms with Crippen molar-refractivity contribution in [2.75, 3.05) is 13.2 Å². The number of rotatable bonds is 7. The minimum atomic E-state index is -2.64. The number of ketones is 1. The molecule has 2 rings (SSSR count). The molecule has 0 radical (unpaired) electrons. The maximum atomic E-state index is 12.2. The van der Waals surface area contributed by atoms with Crippen molar-refractivity contribution in [1.29, 1.82) is 0 Å². The molecule has 29 heavy (non-hydrogen) atoms. The fourth-order valence-corrected chi connectivity index (χ4v) is 3.30. The van der Waals surface area contributed by atoms with E-state index < -0.39 is 85.9 Å². The quantitative estimate of drug-likeness (QED) is 0.190. The monoisotopic (exact) mass is 426 g/mol. The Kier molecular flexibility index (Phi) is 7.67. The Bertz CT molecular complexity index is 597. The highest BCUT2D eigenvalue weighted by atomic mass is 16.8. The van der Waals surface area contributed by atoms with Gasteiger partial charge in [0.2, 0.25) is 11.9 Å². The van der Waals surface area contributed by atoms with Gasteiger partial charge in [-0.25, -0.2) is 0 Å². The summed E-state index contributed by atoms with van der Waals surface area (Å²) in [4.78, 5) is 23.6. The lowest BCUT2D eigenvalue weighted by molar-refractivity contribution is -0.391. The zero-order valence-corrected chi connectivity index (χ0v) is 15.7. The Morgan fingerprint density at radius 2 is 1.52 bits per heavy atom. The molecule has 0 aliphatic carbocycles. The van der Waals surface area contributed by atoms with Gasteiger partial charge in [0.1, 0.15) is 42.7 Å². The van der Waals surface area contributed by atoms with Crippen molar-refractivity contribution in [2.45, 2.75) is 74.8 Å². The Balaban J connectivity index is 2.45. The van der Waals surface area contributed by atoms with Crippen LogP contribution in [0.4, 0.5) is 0 Å². The number of carbonyl (C=O) groups excluding carboxylic acids is 2. The van der Waals surface area contributed by atoms with Crippen LogP contribution in [0.15, 0.2) is 0 Å². The third-order valence-corrected chi connectivity index (χ3v) is 4.80. The van der Waals surface area contributed by atoms with Crippen molar-refractivity contribution in [3.05, 3.63) is 0 Å². The SMILES string of the molecule is CC(=O)OC(C(C)=O)[C@@]1(O[C@H]2O[C@H](CO)[C@@H](O)[C@H](O)[C@H]2O)O[C@H](CO)[C@@H](O)[C@@H]1O. The van der Waals surface area contributed by atoms with Gasteiger partial charge in [0.05, 0.1) is 13.2 Å². The fourth-order valence-electron chi connectivity index (χ4n) is 3.30. The first-order chi connectivity index (χ1) is 13.5. The lowest BCUT2D eigenvalue weighted by atomic mass is 9.96. The number of Topliss-reactive ketones (excluding diaryl/α,β-unsaturated/α-hetero) is 1. The summed E-state index contributed by atoms with van der Waals surface area (Å²) >= 11 is 0. The highest BCUT2D eigenvalue weighted by Crippen LogP contribution is 2.40. The number of ether oxygens (including phenoxy) is 4. The summed E-state index contributed by atoms with van der Waals surface area (Å²) in [6.07, 6.45) is -16.1. The van der Waals surface area contributed by atoms with Gasteiger partial charge in [0.15, 0.2) is 12.1 Å². The zero-order valence-electron chi connectivity index (χ0n) is 15.7. The Hall–Kier alpha value is -1.26. The Morgan fingerprint density at radius 1 is 0.931 bits per heavy atom. The third kappa shape index (κ3) is 4.44. The highest BCUT2D eigenvalue weighted by molar-refractivity contribution is 5.84. The molecule has 2 aliphatic rings. The van der Waals surface area contributed by atoms with Gasteiger partial charge >= 0.3 is 5.97 Å². The average Bonchev–Trinajstić information content (AvgIpc) is 2.91. The number of carbonyl (C=O) groups is 2. The van der Waals surface area contributed by atoms with Gasteiger partial charge in [-0.2, -0.15) is 0 Å². The second kappa shape index (κ2) is 9.26. The number of aliphatic hydroxyl groups is 7. The first kappa shape index (κ1) is 24.0. The molecule has 2 fully saturated rings. The Morgan fingerprint density at radius 3 is 1.97 bits per heavy atom. The number of hydrogen-bond donors (Lipinski definition) is 7. The summed E-state index contributed by atoms with van der Waals surface area (Å²) in [5.74, 6) is -4.49. The van der Waals surface area contributed by atoms with Crippen molar-refractivity contribution in [3.8, 4) is 0 Å². The molecule has 2 heterocycles. The van der Waals surface area contributed by atoms with Gasteiger partial charge in [-0.15, -0.1) is 0 Å². The molecule has 0 aromatic heterocycles. The molecule has 1 unspecified atom stereocenters. The summed E-state index contributed by atoms with van der Waals surface area (Å²) in [5.41, 5.74) is 0. The molecular weight excluding hydrogens is 400 g/mol. The van der Waals surface area contributed by atoms with Crippen LogP contribution in [-0.4, -0.2) is 122 Å². The molecule has 0 spiro atoms. The fraction of sp³-hybridized carbons (Fsp3) is 0.875. The first-order valence-corrected chi connectivity index (χ1v) is 8.81. The number of aliphatic hydroxyl groups excluding tert-OH is 7. The zero-order chi connectivity index (χ0) is 22.1. The molecule has 168 valence electrons. The van der Waals surface area contributed by atoms with Crippen molar-refractivity contribution < 1.29 is 64.3 Å². The number of hydrogen-bond acceptors (Lipinski definition) is 13. The van der Waals surface area contributed by atoms with E-state index in [1.807, 2.05) is 0 Å². The lowest BCUT2D eigenvalue weighted by Gasteiger charge is -2.45. The number of esters is 1.